The number of nitrogen functional groups attached to an aromatic ring is 1. The van der Waals surface area contributed by atoms with Crippen LogP contribution in [0.1, 0.15) is 28.9 Å². The van der Waals surface area contributed by atoms with Crippen molar-refractivity contribution in [3.8, 4) is 33.9 Å². The highest BCUT2D eigenvalue weighted by Gasteiger charge is 2.27. The molecule has 0 atom stereocenters. The highest BCUT2D eigenvalue weighted by Crippen LogP contribution is 2.46. The molecule has 0 unspecified atom stereocenters. The van der Waals surface area contributed by atoms with Gasteiger partial charge in [0.2, 0.25) is 0 Å². The third kappa shape index (κ3) is 3.86. The van der Waals surface area contributed by atoms with Gasteiger partial charge in [-0.05, 0) is 31.4 Å². The van der Waals surface area contributed by atoms with Gasteiger partial charge in [-0.1, -0.05) is 42.5 Å². The first-order valence-electron chi connectivity index (χ1n) is 11.4. The first kappa shape index (κ1) is 22.2. The van der Waals surface area contributed by atoms with E-state index >= 15 is 0 Å². The predicted molar refractivity (Wildman–Crippen MR) is 138 cm³/mol. The van der Waals surface area contributed by atoms with Crippen molar-refractivity contribution < 1.29 is 14.3 Å². The van der Waals surface area contributed by atoms with Crippen LogP contribution in [0.5, 0.6) is 11.5 Å². The maximum Gasteiger partial charge on any atom is 0.266 e. The number of anilines is 1. The van der Waals surface area contributed by atoms with E-state index in [2.05, 4.69) is 0 Å². The minimum atomic E-state index is -0.00924. The number of para-hydroxylation sites is 1. The summed E-state index contributed by atoms with van der Waals surface area (Å²) in [5, 5.41) is 0.775. The highest BCUT2D eigenvalue weighted by molar-refractivity contribution is 7.21. The van der Waals surface area contributed by atoms with E-state index in [0.717, 1.165) is 65.0 Å². The summed E-state index contributed by atoms with van der Waals surface area (Å²) in [6, 6.07) is 17.8. The van der Waals surface area contributed by atoms with Gasteiger partial charge >= 0.3 is 0 Å². The zero-order valence-corrected chi connectivity index (χ0v) is 20.2. The summed E-state index contributed by atoms with van der Waals surface area (Å²) in [5.41, 5.74) is 10.7. The number of amides is 1. The predicted octanol–water partition coefficient (Wildman–Crippen LogP) is 5.86. The van der Waals surface area contributed by atoms with Gasteiger partial charge in [0.15, 0.2) is 11.5 Å². The van der Waals surface area contributed by atoms with Gasteiger partial charge in [-0.25, -0.2) is 4.98 Å². The van der Waals surface area contributed by atoms with Crippen LogP contribution in [0.15, 0.2) is 54.6 Å². The molecule has 0 bridgehead atoms. The second-order valence-electron chi connectivity index (χ2n) is 8.34. The molecule has 174 valence electrons. The topological polar surface area (TPSA) is 77.7 Å². The van der Waals surface area contributed by atoms with Gasteiger partial charge < -0.3 is 20.1 Å². The third-order valence-corrected chi connectivity index (χ3v) is 7.39. The lowest BCUT2D eigenvalue weighted by Crippen LogP contribution is -2.35. The van der Waals surface area contributed by atoms with Crippen LogP contribution in [-0.2, 0) is 0 Å². The molecule has 3 heterocycles. The van der Waals surface area contributed by atoms with E-state index in [1.165, 1.54) is 11.3 Å². The molecule has 1 amide bonds. The van der Waals surface area contributed by atoms with Crippen molar-refractivity contribution in [3.63, 3.8) is 0 Å². The van der Waals surface area contributed by atoms with Gasteiger partial charge in [0.25, 0.3) is 5.91 Å². The summed E-state index contributed by atoms with van der Waals surface area (Å²) >= 11 is 1.37. The van der Waals surface area contributed by atoms with Gasteiger partial charge in [0.1, 0.15) is 9.71 Å². The molecule has 2 N–H and O–H groups in total. The van der Waals surface area contributed by atoms with E-state index in [-0.39, 0.29) is 5.91 Å². The van der Waals surface area contributed by atoms with Crippen LogP contribution in [0.2, 0.25) is 0 Å². The molecule has 0 saturated carbocycles. The number of carbonyl (C=O) groups excluding carboxylic acids is 1. The number of aromatic nitrogens is 1. The molecule has 1 aliphatic rings. The fraction of sp³-hybridized carbons (Fsp3) is 0.259. The molecule has 1 fully saturated rings. The van der Waals surface area contributed by atoms with E-state index in [0.29, 0.717) is 22.1 Å². The number of fused-ring (bicyclic) bond motifs is 1. The highest BCUT2D eigenvalue weighted by atomic mass is 32.1. The lowest BCUT2D eigenvalue weighted by molar-refractivity contribution is 0.0730. The Morgan fingerprint density at radius 3 is 2.44 bits per heavy atom. The summed E-state index contributed by atoms with van der Waals surface area (Å²) < 4.78 is 11.3. The largest absolute Gasteiger partial charge is 0.493 e. The number of hydrogen-bond donors (Lipinski definition) is 1. The number of nitrogens with two attached hydrogens (primary N) is 1. The molecular formula is C27H27N3O3S. The Hall–Kier alpha value is -3.58. The molecule has 1 aliphatic heterocycles. The molecule has 1 saturated heterocycles. The maximum absolute atomic E-state index is 13.4. The van der Waals surface area contributed by atoms with E-state index in [9.17, 15) is 4.79 Å². The summed E-state index contributed by atoms with van der Waals surface area (Å²) in [7, 11) is 3.24. The zero-order chi connectivity index (χ0) is 23.7. The Labute approximate surface area is 202 Å². The van der Waals surface area contributed by atoms with Crippen molar-refractivity contribution in [1.82, 2.24) is 9.88 Å². The average molecular weight is 474 g/mol. The van der Waals surface area contributed by atoms with Crippen molar-refractivity contribution in [2.75, 3.05) is 33.0 Å². The fourth-order valence-electron chi connectivity index (χ4n) is 4.59. The standard InChI is InChI=1S/C27H27N3O3S/c1-32-21-13-9-12-18(24(21)33-2)19-16-20(17-10-5-3-6-11-17)29-26-22(19)23(28)25(34-26)27(31)30-14-7-4-8-15-30/h3,5-6,9-13,16H,4,7-8,14-15,28H2,1-2H3. The fourth-order valence-corrected chi connectivity index (χ4v) is 5.68. The van der Waals surface area contributed by atoms with Crippen LogP contribution in [0, 0.1) is 0 Å². The van der Waals surface area contributed by atoms with Gasteiger partial charge in [-0.3, -0.25) is 4.79 Å². The second-order valence-corrected chi connectivity index (χ2v) is 9.34. The van der Waals surface area contributed by atoms with Gasteiger partial charge in [-0.2, -0.15) is 0 Å². The first-order chi connectivity index (χ1) is 16.6. The van der Waals surface area contributed by atoms with Crippen LogP contribution in [0.3, 0.4) is 0 Å². The molecule has 7 heteroatoms. The number of benzene rings is 2. The number of likely N-dealkylation sites (tertiary alicyclic amines) is 1. The molecule has 5 rings (SSSR count). The number of ether oxygens (including phenoxy) is 2. The molecule has 4 aromatic rings. The van der Waals surface area contributed by atoms with Gasteiger partial charge in [0, 0.05) is 35.2 Å². The molecule has 0 spiro atoms. The van der Waals surface area contributed by atoms with E-state index in [1.54, 1.807) is 14.2 Å². The normalized spacial score (nSPS) is 13.8. The van der Waals surface area contributed by atoms with Crippen molar-refractivity contribution in [2.24, 2.45) is 0 Å². The first-order valence-corrected chi connectivity index (χ1v) is 12.2. The van der Waals surface area contributed by atoms with Crippen LogP contribution < -0.4 is 15.2 Å². The molecular weight excluding hydrogens is 446 g/mol. The smallest absolute Gasteiger partial charge is 0.266 e. The van der Waals surface area contributed by atoms with Crippen molar-refractivity contribution in [3.05, 3.63) is 59.5 Å². The third-order valence-electron chi connectivity index (χ3n) is 6.30. The lowest BCUT2D eigenvalue weighted by Gasteiger charge is -2.26. The number of piperidine rings is 1. The molecule has 2 aromatic carbocycles. The maximum atomic E-state index is 13.4. The minimum absolute atomic E-state index is 0.00924. The second kappa shape index (κ2) is 9.35. The van der Waals surface area contributed by atoms with E-state index < -0.39 is 0 Å². The summed E-state index contributed by atoms with van der Waals surface area (Å²) in [5.74, 6) is 1.24. The van der Waals surface area contributed by atoms with Crippen LogP contribution in [0.25, 0.3) is 32.6 Å². The Bertz CT molecular complexity index is 1340. The van der Waals surface area contributed by atoms with Crippen LogP contribution in [-0.4, -0.2) is 43.1 Å². The van der Waals surface area contributed by atoms with E-state index in [4.69, 9.17) is 20.2 Å². The summed E-state index contributed by atoms with van der Waals surface area (Å²) in [6.45, 7) is 1.54. The Balaban J connectivity index is 1.76. The number of pyridine rings is 1. The number of thiophene rings is 1. The Kier molecular flexibility index (Phi) is 6.11. The van der Waals surface area contributed by atoms with Gasteiger partial charge in [-0.15, -0.1) is 11.3 Å². The lowest BCUT2D eigenvalue weighted by atomic mass is 9.98. The number of carbonyl (C=O) groups is 1. The molecule has 2 aromatic heterocycles. The molecule has 0 aliphatic carbocycles. The molecule has 0 radical (unpaired) electrons. The Morgan fingerprint density at radius 1 is 0.971 bits per heavy atom. The molecule has 34 heavy (non-hydrogen) atoms. The summed E-state index contributed by atoms with van der Waals surface area (Å²) in [4.78, 5) is 21.5. The van der Waals surface area contributed by atoms with Crippen LogP contribution in [0.4, 0.5) is 5.69 Å². The number of nitrogens with zero attached hydrogens (tertiary/aromatic N) is 2. The number of rotatable bonds is 5. The zero-order valence-electron chi connectivity index (χ0n) is 19.3. The Morgan fingerprint density at radius 2 is 1.74 bits per heavy atom. The monoisotopic (exact) mass is 473 g/mol. The van der Waals surface area contributed by atoms with Crippen molar-refractivity contribution in [1.29, 1.82) is 0 Å². The minimum Gasteiger partial charge on any atom is -0.493 e. The quantitative estimate of drug-likeness (QED) is 0.393. The summed E-state index contributed by atoms with van der Waals surface area (Å²) in [6.07, 6.45) is 3.21. The average Bonchev–Trinajstić information content (AvgIpc) is 3.24. The van der Waals surface area contributed by atoms with Gasteiger partial charge in [0.05, 0.1) is 25.6 Å². The van der Waals surface area contributed by atoms with Crippen molar-refractivity contribution in [2.45, 2.75) is 19.3 Å². The van der Waals surface area contributed by atoms with Crippen molar-refractivity contribution >= 4 is 33.1 Å². The van der Waals surface area contributed by atoms with E-state index in [1.807, 2.05) is 59.5 Å². The molecule has 6 nitrogen and oxygen atoms in total. The van der Waals surface area contributed by atoms with Crippen LogP contribution >= 0.6 is 11.3 Å². The SMILES string of the molecule is COc1cccc(-c2cc(-c3ccccc3)nc3sc(C(=O)N4CCCCC4)c(N)c23)c1OC. The number of hydrogen-bond acceptors (Lipinski definition) is 6. The number of methoxy groups -OCH3 is 2.